The Morgan fingerprint density at radius 2 is 1.95 bits per heavy atom. The molecule has 1 aromatic carbocycles. The zero-order valence-corrected chi connectivity index (χ0v) is 12.7. The van der Waals surface area contributed by atoms with Crippen LogP contribution < -0.4 is 0 Å². The second-order valence-corrected chi connectivity index (χ2v) is 6.79. The van der Waals surface area contributed by atoms with Gasteiger partial charge in [-0.2, -0.15) is 0 Å². The molecular weight excluding hydrogens is 264 g/mol. The minimum absolute atomic E-state index is 0.169. The van der Waals surface area contributed by atoms with Crippen molar-refractivity contribution in [3.8, 4) is 0 Å². The third-order valence-corrected chi connectivity index (χ3v) is 5.42. The molecule has 0 aliphatic heterocycles. The van der Waals surface area contributed by atoms with Gasteiger partial charge in [-0.3, -0.25) is 4.79 Å². The molecule has 0 amide bonds. The van der Waals surface area contributed by atoms with Crippen LogP contribution in [0.3, 0.4) is 0 Å². The predicted octanol–water partition coefficient (Wildman–Crippen LogP) is 4.69. The Morgan fingerprint density at radius 1 is 1.15 bits per heavy atom. The Balaban J connectivity index is 1.82. The van der Waals surface area contributed by atoms with E-state index >= 15 is 0 Å². The zero-order chi connectivity index (χ0) is 13.9. The van der Waals surface area contributed by atoms with Crippen molar-refractivity contribution in [2.75, 3.05) is 0 Å². The van der Waals surface area contributed by atoms with Gasteiger partial charge < -0.3 is 0 Å². The normalized spacial score (nSPS) is 18.6. The van der Waals surface area contributed by atoms with E-state index in [2.05, 4.69) is 25.1 Å². The first kappa shape index (κ1) is 13.6. The van der Waals surface area contributed by atoms with Crippen molar-refractivity contribution in [1.82, 2.24) is 0 Å². The second kappa shape index (κ2) is 5.92. The molecule has 3 rings (SSSR count). The molecule has 1 atom stereocenters. The van der Waals surface area contributed by atoms with Crippen molar-refractivity contribution in [2.45, 2.75) is 39.0 Å². The van der Waals surface area contributed by atoms with E-state index in [4.69, 9.17) is 0 Å². The van der Waals surface area contributed by atoms with E-state index in [1.165, 1.54) is 15.3 Å². The highest BCUT2D eigenvalue weighted by Crippen LogP contribution is 2.29. The quantitative estimate of drug-likeness (QED) is 0.747. The SMILES string of the molecule is CCc1ccc(CC2CCCc3ccccc3C2=O)s1. The van der Waals surface area contributed by atoms with E-state index in [0.717, 1.165) is 37.7 Å². The number of carbonyl (C=O) groups excluding carboxylic acids is 1. The highest BCUT2D eigenvalue weighted by atomic mass is 32.1. The monoisotopic (exact) mass is 284 g/mol. The number of aryl methyl sites for hydroxylation is 2. The molecule has 2 aromatic rings. The van der Waals surface area contributed by atoms with Gasteiger partial charge in [-0.1, -0.05) is 31.2 Å². The molecule has 1 nitrogen and oxygen atoms in total. The maximum atomic E-state index is 12.7. The van der Waals surface area contributed by atoms with Crippen molar-refractivity contribution in [3.05, 3.63) is 57.3 Å². The smallest absolute Gasteiger partial charge is 0.166 e. The largest absolute Gasteiger partial charge is 0.294 e. The molecule has 1 heterocycles. The van der Waals surface area contributed by atoms with Gasteiger partial charge in [-0.15, -0.1) is 11.3 Å². The average molecular weight is 284 g/mol. The van der Waals surface area contributed by atoms with Crippen molar-refractivity contribution in [2.24, 2.45) is 5.92 Å². The summed E-state index contributed by atoms with van der Waals surface area (Å²) in [4.78, 5) is 15.5. The Morgan fingerprint density at radius 3 is 2.75 bits per heavy atom. The summed E-state index contributed by atoms with van der Waals surface area (Å²) in [5.74, 6) is 0.520. The fraction of sp³-hybridized carbons (Fsp3) is 0.389. The van der Waals surface area contributed by atoms with Crippen LogP contribution in [-0.4, -0.2) is 5.78 Å². The lowest BCUT2D eigenvalue weighted by atomic mass is 9.92. The summed E-state index contributed by atoms with van der Waals surface area (Å²) in [6.45, 7) is 2.18. The molecule has 0 N–H and O–H groups in total. The van der Waals surface area contributed by atoms with E-state index in [1.54, 1.807) is 0 Å². The molecule has 0 saturated carbocycles. The first-order chi connectivity index (χ1) is 9.78. The van der Waals surface area contributed by atoms with E-state index in [-0.39, 0.29) is 5.92 Å². The number of hydrogen-bond donors (Lipinski definition) is 0. The highest BCUT2D eigenvalue weighted by molar-refractivity contribution is 7.12. The average Bonchev–Trinajstić information content (AvgIpc) is 2.87. The third kappa shape index (κ3) is 2.71. The number of benzene rings is 1. The molecule has 1 aromatic heterocycles. The Kier molecular flexibility index (Phi) is 4.02. The van der Waals surface area contributed by atoms with Crippen LogP contribution in [0.5, 0.6) is 0 Å². The molecule has 0 fully saturated rings. The fourth-order valence-electron chi connectivity index (χ4n) is 3.03. The van der Waals surface area contributed by atoms with Gasteiger partial charge in [-0.05, 0) is 49.8 Å². The van der Waals surface area contributed by atoms with Gasteiger partial charge >= 0.3 is 0 Å². The maximum absolute atomic E-state index is 12.7. The topological polar surface area (TPSA) is 17.1 Å². The van der Waals surface area contributed by atoms with Crippen LogP contribution in [0.1, 0.15) is 45.4 Å². The summed E-state index contributed by atoms with van der Waals surface area (Å²) < 4.78 is 0. The molecule has 0 radical (unpaired) electrons. The number of hydrogen-bond acceptors (Lipinski definition) is 2. The molecule has 0 spiro atoms. The molecule has 2 heteroatoms. The van der Waals surface area contributed by atoms with Crippen LogP contribution in [-0.2, 0) is 19.3 Å². The summed E-state index contributed by atoms with van der Waals surface area (Å²) in [7, 11) is 0. The third-order valence-electron chi connectivity index (χ3n) is 4.17. The summed E-state index contributed by atoms with van der Waals surface area (Å²) in [6.07, 6.45) is 5.19. The summed E-state index contributed by atoms with van der Waals surface area (Å²) in [5.41, 5.74) is 2.20. The van der Waals surface area contributed by atoms with Crippen molar-refractivity contribution in [1.29, 1.82) is 0 Å². The first-order valence-corrected chi connectivity index (χ1v) is 8.29. The van der Waals surface area contributed by atoms with Crippen LogP contribution >= 0.6 is 11.3 Å². The minimum Gasteiger partial charge on any atom is -0.294 e. The molecule has 1 unspecified atom stereocenters. The Bertz CT molecular complexity index is 611. The number of rotatable bonds is 3. The minimum atomic E-state index is 0.169. The van der Waals surface area contributed by atoms with Crippen LogP contribution in [0, 0.1) is 5.92 Å². The van der Waals surface area contributed by atoms with Crippen molar-refractivity contribution in [3.63, 3.8) is 0 Å². The van der Waals surface area contributed by atoms with Gasteiger partial charge in [0.2, 0.25) is 0 Å². The van der Waals surface area contributed by atoms with Gasteiger partial charge in [0.1, 0.15) is 0 Å². The number of carbonyl (C=O) groups is 1. The number of thiophene rings is 1. The van der Waals surface area contributed by atoms with Crippen LogP contribution in [0.2, 0.25) is 0 Å². The van der Waals surface area contributed by atoms with Crippen molar-refractivity contribution >= 4 is 17.1 Å². The molecule has 20 heavy (non-hydrogen) atoms. The van der Waals surface area contributed by atoms with E-state index < -0.39 is 0 Å². The van der Waals surface area contributed by atoms with Gasteiger partial charge in [0.25, 0.3) is 0 Å². The van der Waals surface area contributed by atoms with E-state index in [9.17, 15) is 4.79 Å². The van der Waals surface area contributed by atoms with Crippen LogP contribution in [0.4, 0.5) is 0 Å². The van der Waals surface area contributed by atoms with E-state index in [1.807, 2.05) is 29.5 Å². The molecule has 0 bridgehead atoms. The lowest BCUT2D eigenvalue weighted by Crippen LogP contribution is -2.16. The molecular formula is C18H20OS. The van der Waals surface area contributed by atoms with Gasteiger partial charge in [0.15, 0.2) is 5.78 Å². The first-order valence-electron chi connectivity index (χ1n) is 7.47. The van der Waals surface area contributed by atoms with Crippen molar-refractivity contribution < 1.29 is 4.79 Å². The number of ketones is 1. The summed E-state index contributed by atoms with van der Waals surface area (Å²) >= 11 is 1.86. The van der Waals surface area contributed by atoms with Crippen LogP contribution in [0.25, 0.3) is 0 Å². The number of Topliss-reactive ketones (excluding diaryl/α,β-unsaturated/α-hetero) is 1. The molecule has 104 valence electrons. The van der Waals surface area contributed by atoms with Crippen LogP contribution in [0.15, 0.2) is 36.4 Å². The fourth-order valence-corrected chi connectivity index (χ4v) is 4.07. The lowest BCUT2D eigenvalue weighted by Gasteiger charge is -2.12. The predicted molar refractivity (Wildman–Crippen MR) is 84.6 cm³/mol. The molecule has 0 saturated heterocycles. The Labute approximate surface area is 124 Å². The van der Waals surface area contributed by atoms with E-state index in [0.29, 0.717) is 5.78 Å². The lowest BCUT2D eigenvalue weighted by molar-refractivity contribution is 0.0916. The second-order valence-electron chi connectivity index (χ2n) is 5.54. The number of fused-ring (bicyclic) bond motifs is 1. The molecule has 1 aliphatic carbocycles. The summed E-state index contributed by atoms with van der Waals surface area (Å²) in [6, 6.07) is 12.5. The molecule has 1 aliphatic rings. The van der Waals surface area contributed by atoms with Gasteiger partial charge in [0, 0.05) is 21.2 Å². The highest BCUT2D eigenvalue weighted by Gasteiger charge is 2.25. The van der Waals surface area contributed by atoms with Gasteiger partial charge in [0.05, 0.1) is 0 Å². The van der Waals surface area contributed by atoms with Gasteiger partial charge in [-0.25, -0.2) is 0 Å². The summed E-state index contributed by atoms with van der Waals surface area (Å²) in [5, 5.41) is 0. The standard InChI is InChI=1S/C18H20OS/c1-2-15-10-11-16(20-15)12-14-8-5-7-13-6-3-4-9-17(13)18(14)19/h3-4,6,9-11,14H,2,5,7-8,12H2,1H3. The maximum Gasteiger partial charge on any atom is 0.166 e. The zero-order valence-electron chi connectivity index (χ0n) is 11.9. The Hall–Kier alpha value is -1.41.